The van der Waals surface area contributed by atoms with Gasteiger partial charge in [0.15, 0.2) is 0 Å². The van der Waals surface area contributed by atoms with Crippen LogP contribution in [0.5, 0.6) is 0 Å². The highest BCUT2D eigenvalue weighted by Gasteiger charge is 2.34. The van der Waals surface area contributed by atoms with Crippen molar-refractivity contribution >= 4 is 5.91 Å². The Balaban J connectivity index is 1.37. The molecule has 1 atom stereocenters. The van der Waals surface area contributed by atoms with Crippen LogP contribution in [0.15, 0.2) is 12.4 Å². The second kappa shape index (κ2) is 8.44. The standard InChI is InChI=1S/C20H30N4O2/c25-20(23-9-11-26-12-10-23)18-7-4-8-24(18)15-16-13-21-19(22-14-16)17-5-2-1-3-6-17/h13-14,17-18H,1-12,15H2/t18-/m0/s1. The molecule has 0 unspecified atom stereocenters. The molecule has 0 bridgehead atoms. The molecule has 4 rings (SSSR count). The SMILES string of the molecule is O=C([C@@H]1CCCN1Cc1cnc(C2CCCCC2)nc1)N1CCOCC1. The van der Waals surface area contributed by atoms with Crippen molar-refractivity contribution in [3.8, 4) is 0 Å². The first-order chi connectivity index (χ1) is 12.8. The first kappa shape index (κ1) is 17.9. The van der Waals surface area contributed by atoms with Crippen molar-refractivity contribution in [3.05, 3.63) is 23.8 Å². The van der Waals surface area contributed by atoms with Crippen LogP contribution in [0.1, 0.15) is 62.3 Å². The fraction of sp³-hybridized carbons (Fsp3) is 0.750. The van der Waals surface area contributed by atoms with Crippen molar-refractivity contribution in [1.29, 1.82) is 0 Å². The van der Waals surface area contributed by atoms with E-state index >= 15 is 0 Å². The van der Waals surface area contributed by atoms with E-state index in [2.05, 4.69) is 14.9 Å². The Morgan fingerprint density at radius 2 is 1.73 bits per heavy atom. The minimum absolute atomic E-state index is 0.00567. The lowest BCUT2D eigenvalue weighted by molar-refractivity contribution is -0.140. The van der Waals surface area contributed by atoms with Gasteiger partial charge in [0.1, 0.15) is 5.82 Å². The van der Waals surface area contributed by atoms with Crippen LogP contribution >= 0.6 is 0 Å². The number of carbonyl (C=O) groups excluding carboxylic acids is 1. The molecule has 0 aromatic carbocycles. The minimum Gasteiger partial charge on any atom is -0.378 e. The summed E-state index contributed by atoms with van der Waals surface area (Å²) in [5, 5.41) is 0. The quantitative estimate of drug-likeness (QED) is 0.827. The van der Waals surface area contributed by atoms with Gasteiger partial charge in [0.05, 0.1) is 19.3 Å². The lowest BCUT2D eigenvalue weighted by Crippen LogP contribution is -2.49. The number of rotatable bonds is 4. The van der Waals surface area contributed by atoms with Crippen molar-refractivity contribution in [2.75, 3.05) is 32.8 Å². The Kier molecular flexibility index (Phi) is 5.80. The second-order valence-corrected chi connectivity index (χ2v) is 7.85. The fourth-order valence-corrected chi connectivity index (χ4v) is 4.54. The summed E-state index contributed by atoms with van der Waals surface area (Å²) in [4.78, 5) is 26.4. The highest BCUT2D eigenvalue weighted by Crippen LogP contribution is 2.30. The maximum atomic E-state index is 12.9. The monoisotopic (exact) mass is 358 g/mol. The molecule has 142 valence electrons. The number of aromatic nitrogens is 2. The van der Waals surface area contributed by atoms with E-state index in [0.717, 1.165) is 50.4 Å². The number of amides is 1. The van der Waals surface area contributed by atoms with Gasteiger partial charge in [0, 0.05) is 43.5 Å². The minimum atomic E-state index is 0.00567. The third kappa shape index (κ3) is 4.07. The van der Waals surface area contributed by atoms with Crippen LogP contribution in [0.2, 0.25) is 0 Å². The molecule has 1 aliphatic carbocycles. The number of morpholine rings is 1. The summed E-state index contributed by atoms with van der Waals surface area (Å²) in [6, 6.07) is 0.00567. The number of carbonyl (C=O) groups is 1. The van der Waals surface area contributed by atoms with E-state index in [0.29, 0.717) is 19.1 Å². The molecule has 0 spiro atoms. The van der Waals surface area contributed by atoms with Gasteiger partial charge in [-0.25, -0.2) is 9.97 Å². The van der Waals surface area contributed by atoms with Gasteiger partial charge < -0.3 is 9.64 Å². The Morgan fingerprint density at radius 3 is 2.46 bits per heavy atom. The average molecular weight is 358 g/mol. The first-order valence-corrected chi connectivity index (χ1v) is 10.2. The topological polar surface area (TPSA) is 58.6 Å². The summed E-state index contributed by atoms with van der Waals surface area (Å²) in [5.74, 6) is 1.82. The van der Waals surface area contributed by atoms with Crippen molar-refractivity contribution in [3.63, 3.8) is 0 Å². The zero-order valence-electron chi connectivity index (χ0n) is 15.6. The smallest absolute Gasteiger partial charge is 0.240 e. The van der Waals surface area contributed by atoms with Crippen molar-refractivity contribution in [2.45, 2.75) is 63.5 Å². The zero-order chi connectivity index (χ0) is 17.8. The van der Waals surface area contributed by atoms with Crippen LogP contribution in [0, 0.1) is 0 Å². The molecule has 6 heteroatoms. The molecule has 6 nitrogen and oxygen atoms in total. The van der Waals surface area contributed by atoms with E-state index < -0.39 is 0 Å². The summed E-state index contributed by atoms with van der Waals surface area (Å²) in [5.41, 5.74) is 1.12. The molecule has 0 N–H and O–H groups in total. The third-order valence-corrected chi connectivity index (χ3v) is 6.05. The van der Waals surface area contributed by atoms with Crippen LogP contribution in [-0.2, 0) is 16.1 Å². The number of ether oxygens (including phenoxy) is 1. The molecule has 2 saturated heterocycles. The number of likely N-dealkylation sites (tertiary alicyclic amines) is 1. The predicted octanol–water partition coefficient (Wildman–Crippen LogP) is 2.35. The van der Waals surface area contributed by atoms with Gasteiger partial charge in [-0.3, -0.25) is 9.69 Å². The average Bonchev–Trinajstić information content (AvgIpc) is 3.17. The van der Waals surface area contributed by atoms with Crippen LogP contribution in [0.3, 0.4) is 0 Å². The Labute approximate surface area is 155 Å². The molecule has 1 aromatic rings. The maximum absolute atomic E-state index is 12.9. The van der Waals surface area contributed by atoms with E-state index in [9.17, 15) is 4.79 Å². The maximum Gasteiger partial charge on any atom is 0.240 e. The molecule has 3 aliphatic rings. The Morgan fingerprint density at radius 1 is 1.00 bits per heavy atom. The van der Waals surface area contributed by atoms with Gasteiger partial charge in [-0.15, -0.1) is 0 Å². The second-order valence-electron chi connectivity index (χ2n) is 7.85. The molecule has 1 amide bonds. The largest absolute Gasteiger partial charge is 0.378 e. The molecule has 3 fully saturated rings. The van der Waals surface area contributed by atoms with Gasteiger partial charge in [-0.05, 0) is 32.2 Å². The van der Waals surface area contributed by atoms with Crippen LogP contribution in [0.25, 0.3) is 0 Å². The van der Waals surface area contributed by atoms with Gasteiger partial charge in [0.25, 0.3) is 0 Å². The number of hydrogen-bond acceptors (Lipinski definition) is 5. The molecular weight excluding hydrogens is 328 g/mol. The van der Waals surface area contributed by atoms with Crippen LogP contribution < -0.4 is 0 Å². The molecular formula is C20H30N4O2. The highest BCUT2D eigenvalue weighted by molar-refractivity contribution is 5.82. The van der Waals surface area contributed by atoms with Gasteiger partial charge in [-0.1, -0.05) is 19.3 Å². The van der Waals surface area contributed by atoms with Gasteiger partial charge in [-0.2, -0.15) is 0 Å². The zero-order valence-corrected chi connectivity index (χ0v) is 15.6. The van der Waals surface area contributed by atoms with Crippen LogP contribution in [-0.4, -0.2) is 64.6 Å². The summed E-state index contributed by atoms with van der Waals surface area (Å²) in [7, 11) is 0. The van der Waals surface area contributed by atoms with E-state index in [4.69, 9.17) is 4.74 Å². The van der Waals surface area contributed by atoms with Crippen LogP contribution in [0.4, 0.5) is 0 Å². The predicted molar refractivity (Wildman–Crippen MR) is 98.7 cm³/mol. The van der Waals surface area contributed by atoms with Gasteiger partial charge >= 0.3 is 0 Å². The summed E-state index contributed by atoms with van der Waals surface area (Å²) in [6.07, 6.45) is 12.4. The molecule has 1 saturated carbocycles. The van der Waals surface area contributed by atoms with Crippen molar-refractivity contribution in [2.24, 2.45) is 0 Å². The molecule has 1 aromatic heterocycles. The lowest BCUT2D eigenvalue weighted by atomic mass is 9.89. The van der Waals surface area contributed by atoms with E-state index in [1.54, 1.807) is 0 Å². The Bertz CT molecular complexity index is 594. The first-order valence-electron chi connectivity index (χ1n) is 10.2. The van der Waals surface area contributed by atoms with Crippen molar-refractivity contribution in [1.82, 2.24) is 19.8 Å². The fourth-order valence-electron chi connectivity index (χ4n) is 4.54. The molecule has 3 heterocycles. The molecule has 26 heavy (non-hydrogen) atoms. The number of hydrogen-bond donors (Lipinski definition) is 0. The Hall–Kier alpha value is -1.53. The summed E-state index contributed by atoms with van der Waals surface area (Å²) < 4.78 is 5.37. The number of nitrogens with zero attached hydrogens (tertiary/aromatic N) is 4. The normalized spacial score (nSPS) is 25.5. The summed E-state index contributed by atoms with van der Waals surface area (Å²) in [6.45, 7) is 4.52. The van der Waals surface area contributed by atoms with Gasteiger partial charge in [0.2, 0.25) is 5.91 Å². The summed E-state index contributed by atoms with van der Waals surface area (Å²) >= 11 is 0. The van der Waals surface area contributed by atoms with E-state index in [1.165, 1.54) is 32.1 Å². The van der Waals surface area contributed by atoms with E-state index in [-0.39, 0.29) is 11.9 Å². The molecule has 0 radical (unpaired) electrons. The van der Waals surface area contributed by atoms with Crippen molar-refractivity contribution < 1.29 is 9.53 Å². The highest BCUT2D eigenvalue weighted by atomic mass is 16.5. The van der Waals surface area contributed by atoms with E-state index in [1.807, 2.05) is 17.3 Å². The lowest BCUT2D eigenvalue weighted by Gasteiger charge is -2.32. The third-order valence-electron chi connectivity index (χ3n) is 6.05. The molecule has 2 aliphatic heterocycles.